The molecule has 0 saturated heterocycles. The largest absolute Gasteiger partial charge is 0.493 e. The number of hydrogen-bond acceptors (Lipinski definition) is 5. The molecule has 0 amide bonds. The molecule has 1 heterocycles. The maximum atomic E-state index is 13.3. The van der Waals surface area contributed by atoms with E-state index in [1.807, 2.05) is 44.2 Å². The standard InChI is InChI=1S/C28H27BrClN3O3/c1-5-18(3)27-32-24-10-9-21(29)14-22(24)28(34)33(27)31-15-20-12-23(30)26(25(13-20)35-4)36-16-19-8-6-7-17(2)11-19/h6-15,18H,5,16H2,1-4H3/t18-/m0/s1. The molecule has 0 aliphatic carbocycles. The van der Waals surface area contributed by atoms with E-state index in [2.05, 4.69) is 34.0 Å². The number of nitrogens with zero attached hydrogens (tertiary/aromatic N) is 3. The Morgan fingerprint density at radius 1 is 1.19 bits per heavy atom. The Bertz CT molecular complexity index is 1500. The SMILES string of the molecule is CC[C@H](C)c1nc2ccc(Br)cc2c(=O)n1N=Cc1cc(Cl)c(OCc2cccc(C)c2)c(OC)c1. The van der Waals surface area contributed by atoms with Crippen LogP contribution in [-0.2, 0) is 6.61 Å². The Morgan fingerprint density at radius 2 is 2.00 bits per heavy atom. The molecule has 0 aliphatic heterocycles. The number of fused-ring (bicyclic) bond motifs is 1. The lowest BCUT2D eigenvalue weighted by molar-refractivity contribution is 0.284. The summed E-state index contributed by atoms with van der Waals surface area (Å²) in [5, 5.41) is 5.40. The van der Waals surface area contributed by atoms with Crippen molar-refractivity contribution in [3.05, 3.63) is 97.0 Å². The van der Waals surface area contributed by atoms with Crippen molar-refractivity contribution in [2.45, 2.75) is 39.7 Å². The van der Waals surface area contributed by atoms with Gasteiger partial charge < -0.3 is 9.47 Å². The second-order valence-electron chi connectivity index (χ2n) is 8.61. The lowest BCUT2D eigenvalue weighted by Gasteiger charge is -2.15. The van der Waals surface area contributed by atoms with Gasteiger partial charge in [-0.3, -0.25) is 4.79 Å². The molecule has 0 N–H and O–H groups in total. The maximum Gasteiger partial charge on any atom is 0.282 e. The first-order valence-electron chi connectivity index (χ1n) is 11.6. The zero-order chi connectivity index (χ0) is 25.8. The van der Waals surface area contributed by atoms with Crippen LogP contribution < -0.4 is 15.0 Å². The van der Waals surface area contributed by atoms with E-state index in [0.717, 1.165) is 22.0 Å². The highest BCUT2D eigenvalue weighted by atomic mass is 79.9. The van der Waals surface area contributed by atoms with Crippen molar-refractivity contribution >= 4 is 44.6 Å². The molecule has 0 saturated carbocycles. The molecule has 4 aromatic rings. The van der Waals surface area contributed by atoms with Crippen molar-refractivity contribution in [3.8, 4) is 11.5 Å². The molecular formula is C28H27BrClN3O3. The van der Waals surface area contributed by atoms with Gasteiger partial charge in [-0.25, -0.2) is 4.98 Å². The van der Waals surface area contributed by atoms with Gasteiger partial charge in [0, 0.05) is 10.4 Å². The Hall–Kier alpha value is -3.16. The minimum Gasteiger partial charge on any atom is -0.493 e. The number of aryl methyl sites for hydroxylation is 1. The highest BCUT2D eigenvalue weighted by Gasteiger charge is 2.16. The van der Waals surface area contributed by atoms with Crippen LogP contribution in [0.4, 0.5) is 0 Å². The second kappa shape index (κ2) is 11.3. The van der Waals surface area contributed by atoms with E-state index in [1.54, 1.807) is 31.5 Å². The Balaban J connectivity index is 1.70. The predicted molar refractivity (Wildman–Crippen MR) is 149 cm³/mol. The van der Waals surface area contributed by atoms with E-state index < -0.39 is 0 Å². The Labute approximate surface area is 223 Å². The van der Waals surface area contributed by atoms with E-state index in [-0.39, 0.29) is 11.5 Å². The second-order valence-corrected chi connectivity index (χ2v) is 9.94. The Morgan fingerprint density at radius 3 is 2.72 bits per heavy atom. The van der Waals surface area contributed by atoms with Crippen molar-refractivity contribution in [1.82, 2.24) is 9.66 Å². The number of ether oxygens (including phenoxy) is 2. The monoisotopic (exact) mass is 567 g/mol. The lowest BCUT2D eigenvalue weighted by atomic mass is 10.1. The third kappa shape index (κ3) is 5.63. The molecule has 3 aromatic carbocycles. The molecule has 0 spiro atoms. The number of hydrogen-bond donors (Lipinski definition) is 0. The van der Waals surface area contributed by atoms with Crippen LogP contribution >= 0.6 is 27.5 Å². The van der Waals surface area contributed by atoms with Gasteiger partial charge in [-0.15, -0.1) is 0 Å². The van der Waals surface area contributed by atoms with E-state index in [0.29, 0.717) is 45.4 Å². The highest BCUT2D eigenvalue weighted by molar-refractivity contribution is 9.10. The fraction of sp³-hybridized carbons (Fsp3) is 0.250. The van der Waals surface area contributed by atoms with Crippen LogP contribution in [0.15, 0.2) is 69.0 Å². The summed E-state index contributed by atoms with van der Waals surface area (Å²) in [6.07, 6.45) is 2.40. The van der Waals surface area contributed by atoms with Crippen LogP contribution in [0.5, 0.6) is 11.5 Å². The fourth-order valence-electron chi connectivity index (χ4n) is 3.82. The summed E-state index contributed by atoms with van der Waals surface area (Å²) in [5.41, 5.74) is 3.26. The summed E-state index contributed by atoms with van der Waals surface area (Å²) in [5.74, 6) is 1.57. The minimum atomic E-state index is -0.232. The van der Waals surface area contributed by atoms with Gasteiger partial charge in [0.25, 0.3) is 5.56 Å². The summed E-state index contributed by atoms with van der Waals surface area (Å²) < 4.78 is 13.7. The number of rotatable bonds is 8. The van der Waals surface area contributed by atoms with Crippen molar-refractivity contribution in [3.63, 3.8) is 0 Å². The molecule has 0 unspecified atom stereocenters. The number of methoxy groups -OCH3 is 1. The van der Waals surface area contributed by atoms with Gasteiger partial charge in [-0.2, -0.15) is 9.78 Å². The summed E-state index contributed by atoms with van der Waals surface area (Å²) in [7, 11) is 1.56. The van der Waals surface area contributed by atoms with Crippen LogP contribution in [0.1, 0.15) is 48.7 Å². The molecular weight excluding hydrogens is 542 g/mol. The average molecular weight is 569 g/mol. The average Bonchev–Trinajstić information content (AvgIpc) is 2.87. The van der Waals surface area contributed by atoms with Gasteiger partial charge in [-0.1, -0.05) is 71.2 Å². The molecule has 1 aromatic heterocycles. The van der Waals surface area contributed by atoms with Crippen molar-refractivity contribution < 1.29 is 9.47 Å². The van der Waals surface area contributed by atoms with Gasteiger partial charge in [0.2, 0.25) is 0 Å². The first-order valence-corrected chi connectivity index (χ1v) is 12.8. The normalized spacial score (nSPS) is 12.3. The van der Waals surface area contributed by atoms with Gasteiger partial charge in [0.1, 0.15) is 12.4 Å². The number of aromatic nitrogens is 2. The van der Waals surface area contributed by atoms with E-state index in [1.165, 1.54) is 4.68 Å². The zero-order valence-corrected chi connectivity index (χ0v) is 22.9. The highest BCUT2D eigenvalue weighted by Crippen LogP contribution is 2.36. The molecule has 6 nitrogen and oxygen atoms in total. The van der Waals surface area contributed by atoms with Crippen molar-refractivity contribution in [2.24, 2.45) is 5.10 Å². The van der Waals surface area contributed by atoms with Gasteiger partial charge >= 0.3 is 0 Å². The molecule has 0 aliphatic rings. The molecule has 0 fully saturated rings. The van der Waals surface area contributed by atoms with E-state index >= 15 is 0 Å². The predicted octanol–water partition coefficient (Wildman–Crippen LogP) is 7.10. The molecule has 1 atom stereocenters. The third-order valence-electron chi connectivity index (χ3n) is 5.93. The van der Waals surface area contributed by atoms with Crippen LogP contribution in [0, 0.1) is 6.92 Å². The quantitative estimate of drug-likeness (QED) is 0.213. The van der Waals surface area contributed by atoms with E-state index in [9.17, 15) is 4.79 Å². The van der Waals surface area contributed by atoms with Gasteiger partial charge in [0.15, 0.2) is 11.5 Å². The van der Waals surface area contributed by atoms with Crippen LogP contribution in [0.3, 0.4) is 0 Å². The molecule has 8 heteroatoms. The van der Waals surface area contributed by atoms with Crippen LogP contribution in [0.25, 0.3) is 10.9 Å². The van der Waals surface area contributed by atoms with Crippen molar-refractivity contribution in [1.29, 1.82) is 0 Å². The molecule has 4 rings (SSSR count). The van der Waals surface area contributed by atoms with Crippen molar-refractivity contribution in [2.75, 3.05) is 7.11 Å². The molecule has 186 valence electrons. The first kappa shape index (κ1) is 25.9. The smallest absolute Gasteiger partial charge is 0.282 e. The maximum absolute atomic E-state index is 13.3. The summed E-state index contributed by atoms with van der Waals surface area (Å²) >= 11 is 10.0. The van der Waals surface area contributed by atoms with Crippen LogP contribution in [0.2, 0.25) is 5.02 Å². The summed E-state index contributed by atoms with van der Waals surface area (Å²) in [6, 6.07) is 17.1. The zero-order valence-electron chi connectivity index (χ0n) is 20.6. The topological polar surface area (TPSA) is 65.7 Å². The number of benzene rings is 3. The Kier molecular flexibility index (Phi) is 8.11. The fourth-order valence-corrected chi connectivity index (χ4v) is 4.45. The molecule has 36 heavy (non-hydrogen) atoms. The molecule has 0 radical (unpaired) electrons. The van der Waals surface area contributed by atoms with Crippen LogP contribution in [-0.4, -0.2) is 23.0 Å². The third-order valence-corrected chi connectivity index (χ3v) is 6.70. The lowest BCUT2D eigenvalue weighted by Crippen LogP contribution is -2.23. The number of halogens is 2. The first-order chi connectivity index (χ1) is 17.3. The minimum absolute atomic E-state index is 0.0402. The van der Waals surface area contributed by atoms with E-state index in [4.69, 9.17) is 26.1 Å². The van der Waals surface area contributed by atoms with Gasteiger partial charge in [-0.05, 0) is 54.8 Å². The summed E-state index contributed by atoms with van der Waals surface area (Å²) in [6.45, 7) is 6.47. The van der Waals surface area contributed by atoms with Gasteiger partial charge in [0.05, 0.1) is 29.2 Å². The molecule has 0 bridgehead atoms. The summed E-state index contributed by atoms with van der Waals surface area (Å²) in [4.78, 5) is 18.1.